The molecule has 0 N–H and O–H groups in total. The SMILES string of the molecule is CCCN(CCCC(=O)OCOC(=O)CCCN(C(=O)OC(C)(C)C)C1CCC1)C(=O)OC(C)(C)C. The Morgan fingerprint density at radius 1 is 0.750 bits per heavy atom. The van der Waals surface area contributed by atoms with Gasteiger partial charge in [-0.15, -0.1) is 0 Å². The molecule has 0 heterocycles. The number of esters is 2. The molecule has 1 rings (SSSR count). The lowest BCUT2D eigenvalue weighted by Gasteiger charge is -2.38. The normalized spacial score (nSPS) is 13.9. The van der Waals surface area contributed by atoms with Crippen LogP contribution in [-0.2, 0) is 28.5 Å². The maximum atomic E-state index is 12.5. The topological polar surface area (TPSA) is 112 Å². The number of rotatable bonds is 13. The van der Waals surface area contributed by atoms with Gasteiger partial charge in [-0.2, -0.15) is 0 Å². The Bertz CT molecular complexity index is 722. The number of amides is 2. The Hall–Kier alpha value is -2.52. The van der Waals surface area contributed by atoms with Crippen molar-refractivity contribution >= 4 is 24.1 Å². The molecule has 0 aromatic heterocycles. The van der Waals surface area contributed by atoms with Crippen molar-refractivity contribution in [2.45, 2.75) is 117 Å². The van der Waals surface area contributed by atoms with Gasteiger partial charge in [-0.1, -0.05) is 6.92 Å². The molecule has 1 aliphatic carbocycles. The summed E-state index contributed by atoms with van der Waals surface area (Å²) >= 11 is 0. The molecule has 0 aliphatic heterocycles. The molecule has 10 heteroatoms. The minimum atomic E-state index is -0.586. The molecule has 1 fully saturated rings. The number of hydrogen-bond donors (Lipinski definition) is 0. The van der Waals surface area contributed by atoms with Crippen LogP contribution in [-0.4, -0.2) is 77.6 Å². The summed E-state index contributed by atoms with van der Waals surface area (Å²) < 4.78 is 20.8. The quantitative estimate of drug-likeness (QED) is 0.191. The third kappa shape index (κ3) is 13.5. The number of carbonyl (C=O) groups is 4. The fraction of sp³-hybridized carbons (Fsp3) is 0.846. The Kier molecular flexibility index (Phi) is 13.0. The maximum Gasteiger partial charge on any atom is 0.410 e. The summed E-state index contributed by atoms with van der Waals surface area (Å²) in [6.07, 6.45) is 3.99. The average molecular weight is 515 g/mol. The fourth-order valence-corrected chi connectivity index (χ4v) is 3.45. The zero-order valence-electron chi connectivity index (χ0n) is 23.2. The van der Waals surface area contributed by atoms with E-state index in [1.165, 1.54) is 0 Å². The van der Waals surface area contributed by atoms with Crippen LogP contribution in [0.1, 0.15) is 99.8 Å². The molecule has 0 aromatic rings. The number of ether oxygens (including phenoxy) is 4. The van der Waals surface area contributed by atoms with Gasteiger partial charge in [0.15, 0.2) is 0 Å². The van der Waals surface area contributed by atoms with Crippen LogP contribution in [0.25, 0.3) is 0 Å². The average Bonchev–Trinajstić information content (AvgIpc) is 2.68. The number of carbonyl (C=O) groups excluding carboxylic acids is 4. The van der Waals surface area contributed by atoms with Gasteiger partial charge in [0, 0.05) is 38.5 Å². The Balaban J connectivity index is 2.28. The van der Waals surface area contributed by atoms with E-state index in [1.54, 1.807) is 30.6 Å². The van der Waals surface area contributed by atoms with E-state index in [0.717, 1.165) is 25.7 Å². The van der Waals surface area contributed by atoms with Crippen LogP contribution in [0.15, 0.2) is 0 Å². The third-order valence-corrected chi connectivity index (χ3v) is 5.32. The molecule has 0 aromatic carbocycles. The molecule has 0 bridgehead atoms. The summed E-state index contributed by atoms with van der Waals surface area (Å²) in [4.78, 5) is 52.0. The van der Waals surface area contributed by atoms with Crippen LogP contribution in [0.3, 0.4) is 0 Å². The summed E-state index contributed by atoms with van der Waals surface area (Å²) in [6, 6.07) is 0.153. The van der Waals surface area contributed by atoms with Crippen LogP contribution in [0.4, 0.5) is 9.59 Å². The molecule has 0 unspecified atom stereocenters. The summed E-state index contributed by atoms with van der Waals surface area (Å²) in [7, 11) is 0. The van der Waals surface area contributed by atoms with Crippen molar-refractivity contribution in [2.24, 2.45) is 0 Å². The number of hydrogen-bond acceptors (Lipinski definition) is 8. The van der Waals surface area contributed by atoms with E-state index in [-0.39, 0.29) is 25.0 Å². The van der Waals surface area contributed by atoms with Crippen LogP contribution in [0.2, 0.25) is 0 Å². The van der Waals surface area contributed by atoms with Gasteiger partial charge in [0.25, 0.3) is 0 Å². The van der Waals surface area contributed by atoms with E-state index in [0.29, 0.717) is 32.5 Å². The lowest BCUT2D eigenvalue weighted by Crippen LogP contribution is -2.47. The van der Waals surface area contributed by atoms with Gasteiger partial charge in [-0.25, -0.2) is 9.59 Å². The van der Waals surface area contributed by atoms with E-state index >= 15 is 0 Å². The monoisotopic (exact) mass is 514 g/mol. The molecular formula is C26H46N2O8. The second kappa shape index (κ2) is 14.9. The van der Waals surface area contributed by atoms with Crippen molar-refractivity contribution in [3.63, 3.8) is 0 Å². The van der Waals surface area contributed by atoms with E-state index in [2.05, 4.69) is 0 Å². The van der Waals surface area contributed by atoms with Crippen LogP contribution < -0.4 is 0 Å². The highest BCUT2D eigenvalue weighted by Crippen LogP contribution is 2.26. The van der Waals surface area contributed by atoms with Crippen molar-refractivity contribution in [3.8, 4) is 0 Å². The minimum absolute atomic E-state index is 0.0901. The lowest BCUT2D eigenvalue weighted by atomic mass is 9.91. The van der Waals surface area contributed by atoms with Crippen molar-refractivity contribution in [1.29, 1.82) is 0 Å². The molecule has 2 amide bonds. The Morgan fingerprint density at radius 2 is 1.25 bits per heavy atom. The smallest absolute Gasteiger partial charge is 0.410 e. The summed E-state index contributed by atoms with van der Waals surface area (Å²) in [5.41, 5.74) is -1.16. The molecule has 0 atom stereocenters. The summed E-state index contributed by atoms with van der Waals surface area (Å²) in [6.45, 7) is 13.7. The van der Waals surface area contributed by atoms with Crippen molar-refractivity contribution in [3.05, 3.63) is 0 Å². The zero-order chi connectivity index (χ0) is 27.4. The first kappa shape index (κ1) is 31.5. The molecule has 0 spiro atoms. The van der Waals surface area contributed by atoms with Crippen molar-refractivity contribution in [2.75, 3.05) is 26.4 Å². The molecule has 0 radical (unpaired) electrons. The predicted octanol–water partition coefficient (Wildman–Crippen LogP) is 5.03. The van der Waals surface area contributed by atoms with Crippen LogP contribution in [0.5, 0.6) is 0 Å². The highest BCUT2D eigenvalue weighted by Gasteiger charge is 2.31. The first-order valence-corrected chi connectivity index (χ1v) is 13.0. The Morgan fingerprint density at radius 3 is 1.69 bits per heavy atom. The van der Waals surface area contributed by atoms with Gasteiger partial charge in [0.1, 0.15) is 11.2 Å². The molecule has 36 heavy (non-hydrogen) atoms. The fourth-order valence-electron chi connectivity index (χ4n) is 3.45. The van der Waals surface area contributed by atoms with Crippen molar-refractivity contribution < 1.29 is 38.1 Å². The van der Waals surface area contributed by atoms with Crippen LogP contribution in [0, 0.1) is 0 Å². The van der Waals surface area contributed by atoms with Gasteiger partial charge in [0.2, 0.25) is 6.79 Å². The first-order chi connectivity index (χ1) is 16.7. The molecule has 1 saturated carbocycles. The molecule has 1 aliphatic rings. The summed E-state index contributed by atoms with van der Waals surface area (Å²) in [5, 5.41) is 0. The molecule has 0 saturated heterocycles. The van der Waals surface area contributed by atoms with Gasteiger partial charge >= 0.3 is 24.1 Å². The first-order valence-electron chi connectivity index (χ1n) is 13.0. The van der Waals surface area contributed by atoms with E-state index in [9.17, 15) is 19.2 Å². The van der Waals surface area contributed by atoms with E-state index in [4.69, 9.17) is 18.9 Å². The zero-order valence-corrected chi connectivity index (χ0v) is 23.2. The highest BCUT2D eigenvalue weighted by atomic mass is 16.7. The minimum Gasteiger partial charge on any atom is -0.444 e. The maximum absolute atomic E-state index is 12.5. The van der Waals surface area contributed by atoms with Gasteiger partial charge < -0.3 is 28.7 Å². The predicted molar refractivity (Wildman–Crippen MR) is 134 cm³/mol. The Labute approximate surface area is 215 Å². The standard InChI is InChI=1S/C26H46N2O8/c1-8-16-27(23(31)35-25(2,3)4)17-10-14-21(29)33-19-34-22(30)15-11-18-28(20-12-9-13-20)24(32)36-26(5,6)7/h20H,8-19H2,1-7H3. The van der Waals surface area contributed by atoms with Crippen LogP contribution >= 0.6 is 0 Å². The molecular weight excluding hydrogens is 468 g/mol. The second-order valence-corrected chi connectivity index (χ2v) is 11.1. The summed E-state index contributed by atoms with van der Waals surface area (Å²) in [5.74, 6) is -1.01. The van der Waals surface area contributed by atoms with E-state index in [1.807, 2.05) is 27.7 Å². The third-order valence-electron chi connectivity index (χ3n) is 5.32. The van der Waals surface area contributed by atoms with Gasteiger partial charge in [-0.05, 0) is 80.1 Å². The van der Waals surface area contributed by atoms with Gasteiger partial charge in [0.05, 0.1) is 0 Å². The van der Waals surface area contributed by atoms with Crippen molar-refractivity contribution in [1.82, 2.24) is 9.80 Å². The van der Waals surface area contributed by atoms with E-state index < -0.39 is 36.0 Å². The molecule has 208 valence electrons. The highest BCUT2D eigenvalue weighted by molar-refractivity contribution is 5.72. The molecule has 10 nitrogen and oxygen atoms in total. The largest absolute Gasteiger partial charge is 0.444 e. The second-order valence-electron chi connectivity index (χ2n) is 11.1. The number of nitrogens with zero attached hydrogens (tertiary/aromatic N) is 2. The lowest BCUT2D eigenvalue weighted by molar-refractivity contribution is -0.167. The van der Waals surface area contributed by atoms with Gasteiger partial charge in [-0.3, -0.25) is 9.59 Å².